The Kier molecular flexibility index (Phi) is 5.71. The molecule has 1 aromatic rings. The number of hydrogen-bond acceptors (Lipinski definition) is 5. The highest BCUT2D eigenvalue weighted by atomic mass is 35.5. The van der Waals surface area contributed by atoms with Gasteiger partial charge in [0.25, 0.3) is 0 Å². The molecule has 26 heavy (non-hydrogen) atoms. The van der Waals surface area contributed by atoms with E-state index in [2.05, 4.69) is 11.8 Å². The third-order valence-electron chi connectivity index (χ3n) is 5.16. The maximum absolute atomic E-state index is 13.4. The van der Waals surface area contributed by atoms with Gasteiger partial charge in [0.1, 0.15) is 4.90 Å². The number of nitrogens with zero attached hydrogens (tertiary/aromatic N) is 2. The Morgan fingerprint density at radius 2 is 1.65 bits per heavy atom. The first kappa shape index (κ1) is 20.1. The first-order valence-electron chi connectivity index (χ1n) is 8.90. The van der Waals surface area contributed by atoms with Gasteiger partial charge in [0.15, 0.2) is 9.84 Å². The molecule has 146 valence electrons. The van der Waals surface area contributed by atoms with Crippen molar-refractivity contribution in [2.75, 3.05) is 25.9 Å². The van der Waals surface area contributed by atoms with Gasteiger partial charge in [-0.05, 0) is 63.5 Å². The zero-order valence-electron chi connectivity index (χ0n) is 15.1. The molecule has 6 nitrogen and oxygen atoms in total. The Bertz CT molecular complexity index is 874. The molecule has 0 unspecified atom stereocenters. The fourth-order valence-corrected chi connectivity index (χ4v) is 6.69. The van der Waals surface area contributed by atoms with Crippen LogP contribution in [-0.2, 0) is 19.9 Å². The van der Waals surface area contributed by atoms with Crippen molar-refractivity contribution < 1.29 is 16.8 Å². The molecule has 9 heteroatoms. The first-order valence-corrected chi connectivity index (χ1v) is 12.6. The normalized spacial score (nSPS) is 20.6. The number of sulfonamides is 1. The van der Waals surface area contributed by atoms with Gasteiger partial charge in [-0.2, -0.15) is 4.31 Å². The Labute approximate surface area is 161 Å². The van der Waals surface area contributed by atoms with Gasteiger partial charge in [-0.15, -0.1) is 0 Å². The molecule has 1 aliphatic carbocycles. The number of rotatable bonds is 6. The second-order valence-corrected chi connectivity index (χ2v) is 11.3. The van der Waals surface area contributed by atoms with Crippen LogP contribution in [0.4, 0.5) is 0 Å². The van der Waals surface area contributed by atoms with Crippen LogP contribution in [0.25, 0.3) is 0 Å². The average molecular weight is 421 g/mol. The third-order valence-corrected chi connectivity index (χ3v) is 8.75. The van der Waals surface area contributed by atoms with E-state index in [1.54, 1.807) is 4.31 Å². The zero-order chi connectivity index (χ0) is 19.1. The van der Waals surface area contributed by atoms with E-state index in [4.69, 9.17) is 11.6 Å². The monoisotopic (exact) mass is 420 g/mol. The number of sulfone groups is 1. The molecule has 0 aromatic heterocycles. The van der Waals surface area contributed by atoms with Gasteiger partial charge >= 0.3 is 0 Å². The van der Waals surface area contributed by atoms with Gasteiger partial charge in [-0.3, -0.25) is 0 Å². The maximum Gasteiger partial charge on any atom is 0.245 e. The van der Waals surface area contributed by atoms with Crippen molar-refractivity contribution in [1.82, 2.24) is 9.21 Å². The second-order valence-electron chi connectivity index (χ2n) is 7.10. The van der Waals surface area contributed by atoms with Gasteiger partial charge in [-0.25, -0.2) is 16.8 Å². The van der Waals surface area contributed by atoms with Crippen LogP contribution in [0.15, 0.2) is 28.0 Å². The van der Waals surface area contributed by atoms with E-state index >= 15 is 0 Å². The van der Waals surface area contributed by atoms with Gasteiger partial charge < -0.3 is 4.90 Å². The van der Waals surface area contributed by atoms with Gasteiger partial charge in [-0.1, -0.05) is 18.5 Å². The Balaban J connectivity index is 1.97. The number of piperidine rings is 1. The van der Waals surface area contributed by atoms with E-state index in [-0.39, 0.29) is 26.9 Å². The minimum atomic E-state index is -3.86. The summed E-state index contributed by atoms with van der Waals surface area (Å²) in [6, 6.07) is 3.83. The summed E-state index contributed by atoms with van der Waals surface area (Å²) in [5.74, 6) is 0. The van der Waals surface area contributed by atoms with Crippen molar-refractivity contribution in [3.05, 3.63) is 23.2 Å². The summed E-state index contributed by atoms with van der Waals surface area (Å²) in [4.78, 5) is 2.18. The molecule has 2 fully saturated rings. The predicted molar refractivity (Wildman–Crippen MR) is 102 cm³/mol. The quantitative estimate of drug-likeness (QED) is 0.706. The molecule has 1 saturated heterocycles. The molecule has 0 amide bonds. The summed E-state index contributed by atoms with van der Waals surface area (Å²) in [6.07, 6.45) is 4.32. The Hall–Kier alpha value is -0.670. The summed E-state index contributed by atoms with van der Waals surface area (Å²) < 4.78 is 52.1. The standard InChI is InChI=1S/C17H25ClN2O4S2/c1-3-19-10-8-14(9-11-19)20(13-4-5-13)26(23,24)17-12-15(25(2,21)22)6-7-16(17)18/h6-7,12-14H,3-5,8-11H2,1-2H3. The minimum absolute atomic E-state index is 0.00358. The highest BCUT2D eigenvalue weighted by Crippen LogP contribution is 2.38. The van der Waals surface area contributed by atoms with E-state index in [0.29, 0.717) is 0 Å². The lowest BCUT2D eigenvalue weighted by molar-refractivity contribution is 0.161. The van der Waals surface area contributed by atoms with E-state index in [0.717, 1.165) is 51.6 Å². The van der Waals surface area contributed by atoms with Crippen LogP contribution in [0.3, 0.4) is 0 Å². The van der Waals surface area contributed by atoms with Crippen LogP contribution in [0, 0.1) is 0 Å². The molecule has 1 heterocycles. The van der Waals surface area contributed by atoms with E-state index in [1.807, 2.05) is 0 Å². The van der Waals surface area contributed by atoms with Crippen LogP contribution in [0.2, 0.25) is 5.02 Å². The molecule has 0 atom stereocenters. The summed E-state index contributed by atoms with van der Waals surface area (Å²) in [5.41, 5.74) is 0. The molecule has 0 N–H and O–H groups in total. The Morgan fingerprint density at radius 1 is 1.08 bits per heavy atom. The Morgan fingerprint density at radius 3 is 2.15 bits per heavy atom. The molecule has 1 aliphatic heterocycles. The number of hydrogen-bond donors (Lipinski definition) is 0. The molecule has 0 spiro atoms. The second kappa shape index (κ2) is 7.39. The van der Waals surface area contributed by atoms with E-state index < -0.39 is 19.9 Å². The van der Waals surface area contributed by atoms with Crippen molar-refractivity contribution >= 4 is 31.5 Å². The fourth-order valence-electron chi connectivity index (χ4n) is 3.54. The molecular formula is C17H25ClN2O4S2. The average Bonchev–Trinajstić information content (AvgIpc) is 3.39. The van der Waals surface area contributed by atoms with Crippen LogP contribution in [0.1, 0.15) is 32.6 Å². The van der Waals surface area contributed by atoms with Crippen molar-refractivity contribution in [2.45, 2.75) is 54.5 Å². The van der Waals surface area contributed by atoms with Crippen LogP contribution < -0.4 is 0 Å². The number of benzene rings is 1. The zero-order valence-corrected chi connectivity index (χ0v) is 17.4. The van der Waals surface area contributed by atoms with Crippen molar-refractivity contribution in [1.29, 1.82) is 0 Å². The van der Waals surface area contributed by atoms with Crippen molar-refractivity contribution in [2.24, 2.45) is 0 Å². The van der Waals surface area contributed by atoms with E-state index in [1.165, 1.54) is 18.2 Å². The lowest BCUT2D eigenvalue weighted by atomic mass is 10.1. The van der Waals surface area contributed by atoms with Gasteiger partial charge in [0.2, 0.25) is 10.0 Å². The highest BCUT2D eigenvalue weighted by Gasteiger charge is 2.44. The molecule has 1 saturated carbocycles. The topological polar surface area (TPSA) is 74.8 Å². The van der Waals surface area contributed by atoms with Crippen molar-refractivity contribution in [3.8, 4) is 0 Å². The van der Waals surface area contributed by atoms with E-state index in [9.17, 15) is 16.8 Å². The molecule has 0 bridgehead atoms. The van der Waals surface area contributed by atoms with Crippen LogP contribution in [-0.4, -0.2) is 64.0 Å². The summed E-state index contributed by atoms with van der Waals surface area (Å²) >= 11 is 6.18. The predicted octanol–water partition coefficient (Wildman–Crippen LogP) is 2.38. The molecule has 0 radical (unpaired) electrons. The maximum atomic E-state index is 13.4. The highest BCUT2D eigenvalue weighted by molar-refractivity contribution is 7.91. The number of likely N-dealkylation sites (tertiary alicyclic amines) is 1. The largest absolute Gasteiger partial charge is 0.303 e. The fraction of sp³-hybridized carbons (Fsp3) is 0.647. The van der Waals surface area contributed by atoms with Gasteiger partial charge in [0, 0.05) is 18.3 Å². The lowest BCUT2D eigenvalue weighted by Crippen LogP contribution is -2.48. The summed E-state index contributed by atoms with van der Waals surface area (Å²) in [6.45, 7) is 4.81. The third kappa shape index (κ3) is 4.09. The summed E-state index contributed by atoms with van der Waals surface area (Å²) in [5, 5.41) is 0.0639. The molecule has 1 aromatic carbocycles. The van der Waals surface area contributed by atoms with Gasteiger partial charge in [0.05, 0.1) is 9.92 Å². The van der Waals surface area contributed by atoms with Crippen LogP contribution >= 0.6 is 11.6 Å². The lowest BCUT2D eigenvalue weighted by Gasteiger charge is -2.37. The molecular weight excluding hydrogens is 396 g/mol. The SMILES string of the molecule is CCN1CCC(N(C2CC2)S(=O)(=O)c2cc(S(C)(=O)=O)ccc2Cl)CC1. The van der Waals surface area contributed by atoms with Crippen molar-refractivity contribution in [3.63, 3.8) is 0 Å². The number of halogens is 1. The first-order chi connectivity index (χ1) is 12.1. The smallest absolute Gasteiger partial charge is 0.245 e. The van der Waals surface area contributed by atoms with Crippen LogP contribution in [0.5, 0.6) is 0 Å². The summed E-state index contributed by atoms with van der Waals surface area (Å²) in [7, 11) is -7.37. The molecule has 2 aliphatic rings. The minimum Gasteiger partial charge on any atom is -0.303 e. The molecule has 3 rings (SSSR count).